The van der Waals surface area contributed by atoms with Crippen LogP contribution in [0.5, 0.6) is 0 Å². The van der Waals surface area contributed by atoms with Crippen LogP contribution in [0.3, 0.4) is 0 Å². The Balaban J connectivity index is 1.61. The summed E-state index contributed by atoms with van der Waals surface area (Å²) in [6.07, 6.45) is -1.98. The van der Waals surface area contributed by atoms with Gasteiger partial charge in [-0.15, -0.1) is 0 Å². The molecule has 0 radical (unpaired) electrons. The minimum Gasteiger partial charge on any atom is -0.379 e. The highest BCUT2D eigenvalue weighted by molar-refractivity contribution is 5.72. The Bertz CT molecular complexity index is 608. The topological polar surface area (TPSA) is 27.7 Å². The van der Waals surface area contributed by atoms with Crippen molar-refractivity contribution in [2.45, 2.75) is 25.1 Å². The number of fused-ring (bicyclic) bond motifs is 3. The molecule has 0 spiro atoms. The van der Waals surface area contributed by atoms with E-state index in [1.165, 1.54) is 25.0 Å². The number of piperidine rings is 3. The Morgan fingerprint density at radius 1 is 1.04 bits per heavy atom. The summed E-state index contributed by atoms with van der Waals surface area (Å²) in [5.41, 5.74) is 0.872. The number of nitrogens with zero attached hydrogens (tertiary/aromatic N) is 2. The lowest BCUT2D eigenvalue weighted by atomic mass is 9.84. The molecule has 4 saturated heterocycles. The monoisotopic (exact) mass is 355 g/mol. The molecule has 138 valence electrons. The third-order valence-corrected chi connectivity index (χ3v) is 5.67. The molecule has 4 fully saturated rings. The number of hydrogen-bond acceptors (Lipinski definition) is 4. The van der Waals surface area contributed by atoms with Gasteiger partial charge in [0.05, 0.1) is 30.2 Å². The van der Waals surface area contributed by atoms with Crippen molar-refractivity contribution in [3.8, 4) is 0 Å². The highest BCUT2D eigenvalue weighted by Crippen LogP contribution is 2.38. The van der Waals surface area contributed by atoms with Gasteiger partial charge in [-0.1, -0.05) is 0 Å². The lowest BCUT2D eigenvalue weighted by Gasteiger charge is -2.45. The molecule has 1 aromatic carbocycles. The zero-order valence-corrected chi connectivity index (χ0v) is 14.2. The lowest BCUT2D eigenvalue weighted by Crippen LogP contribution is -2.53. The summed E-state index contributed by atoms with van der Waals surface area (Å²) in [5.74, 6) is 0.616. The third-order valence-electron chi connectivity index (χ3n) is 5.67. The highest BCUT2D eigenvalue weighted by atomic mass is 19.4. The molecule has 4 heterocycles. The predicted octanol–water partition coefficient (Wildman–Crippen LogP) is 3.05. The van der Waals surface area contributed by atoms with Gasteiger partial charge in [-0.2, -0.15) is 13.2 Å². The Morgan fingerprint density at radius 2 is 1.76 bits per heavy atom. The number of anilines is 2. The average molecular weight is 355 g/mol. The maximum Gasteiger partial charge on any atom is 0.416 e. The fourth-order valence-corrected chi connectivity index (χ4v) is 4.22. The van der Waals surface area contributed by atoms with Crippen LogP contribution >= 0.6 is 0 Å². The molecule has 0 saturated carbocycles. The molecular weight excluding hydrogens is 331 g/mol. The summed E-state index contributed by atoms with van der Waals surface area (Å²) < 4.78 is 44.9. The van der Waals surface area contributed by atoms with Crippen LogP contribution in [0.2, 0.25) is 0 Å². The van der Waals surface area contributed by atoms with E-state index in [4.69, 9.17) is 4.74 Å². The molecule has 0 aliphatic carbocycles. The van der Waals surface area contributed by atoms with Crippen molar-refractivity contribution in [2.24, 2.45) is 5.92 Å². The number of nitrogens with one attached hydrogen (secondary N) is 1. The van der Waals surface area contributed by atoms with Gasteiger partial charge < -0.3 is 19.9 Å². The summed E-state index contributed by atoms with van der Waals surface area (Å²) in [4.78, 5) is 4.44. The van der Waals surface area contributed by atoms with Crippen LogP contribution in [0, 0.1) is 5.92 Å². The Kier molecular flexibility index (Phi) is 4.54. The van der Waals surface area contributed by atoms with E-state index in [1.807, 2.05) is 4.90 Å². The maximum absolute atomic E-state index is 13.2. The molecule has 25 heavy (non-hydrogen) atoms. The minimum atomic E-state index is -4.32. The molecule has 1 N–H and O–H groups in total. The van der Waals surface area contributed by atoms with Crippen molar-refractivity contribution in [1.29, 1.82) is 0 Å². The number of rotatable bonds is 3. The first-order valence-corrected chi connectivity index (χ1v) is 9.03. The molecule has 7 heteroatoms. The first-order chi connectivity index (χ1) is 12.0. The number of benzene rings is 1. The van der Waals surface area contributed by atoms with Crippen molar-refractivity contribution in [1.82, 2.24) is 4.90 Å². The Hall–Kier alpha value is -1.47. The number of halogens is 3. The van der Waals surface area contributed by atoms with Crippen molar-refractivity contribution in [3.63, 3.8) is 0 Å². The molecule has 2 bridgehead atoms. The van der Waals surface area contributed by atoms with E-state index >= 15 is 0 Å². The van der Waals surface area contributed by atoms with Gasteiger partial charge in [0.1, 0.15) is 0 Å². The van der Waals surface area contributed by atoms with Gasteiger partial charge in [0, 0.05) is 25.7 Å². The fourth-order valence-electron chi connectivity index (χ4n) is 4.22. The van der Waals surface area contributed by atoms with Crippen LogP contribution in [0.4, 0.5) is 24.5 Å². The van der Waals surface area contributed by atoms with Gasteiger partial charge in [0.25, 0.3) is 0 Å². The molecule has 4 nitrogen and oxygen atoms in total. The van der Waals surface area contributed by atoms with Crippen molar-refractivity contribution in [3.05, 3.63) is 23.8 Å². The van der Waals surface area contributed by atoms with E-state index in [0.29, 0.717) is 44.0 Å². The molecule has 5 rings (SSSR count). The summed E-state index contributed by atoms with van der Waals surface area (Å²) >= 11 is 0. The van der Waals surface area contributed by atoms with E-state index in [1.54, 1.807) is 6.07 Å². The summed E-state index contributed by atoms with van der Waals surface area (Å²) in [6, 6.07) is 4.40. The van der Waals surface area contributed by atoms with E-state index in [0.717, 1.165) is 25.3 Å². The minimum absolute atomic E-state index is 0.319. The second-order valence-electron chi connectivity index (χ2n) is 7.22. The van der Waals surface area contributed by atoms with Gasteiger partial charge in [-0.25, -0.2) is 0 Å². The second-order valence-corrected chi connectivity index (χ2v) is 7.22. The first kappa shape index (κ1) is 17.0. The first-order valence-electron chi connectivity index (χ1n) is 9.03. The van der Waals surface area contributed by atoms with Crippen LogP contribution in [0.25, 0.3) is 0 Å². The van der Waals surface area contributed by atoms with Gasteiger partial charge in [-0.05, 0) is 50.0 Å². The summed E-state index contributed by atoms with van der Waals surface area (Å²) in [7, 11) is 0. The zero-order chi connectivity index (χ0) is 17.4. The van der Waals surface area contributed by atoms with E-state index in [9.17, 15) is 13.2 Å². The second kappa shape index (κ2) is 6.68. The largest absolute Gasteiger partial charge is 0.416 e. The smallest absolute Gasteiger partial charge is 0.379 e. The van der Waals surface area contributed by atoms with E-state index < -0.39 is 11.7 Å². The van der Waals surface area contributed by atoms with Crippen molar-refractivity contribution >= 4 is 11.4 Å². The number of alkyl halides is 3. The molecular formula is C18H24F3N3O. The average Bonchev–Trinajstić information content (AvgIpc) is 2.63. The van der Waals surface area contributed by atoms with E-state index in [-0.39, 0.29) is 0 Å². The molecule has 0 aromatic heterocycles. The number of hydrogen-bond donors (Lipinski definition) is 1. The SMILES string of the molecule is FC(F)(F)c1ccc(N[C@H]2CN3CCC2CC3)c(N2CCOCC2)c1. The summed E-state index contributed by atoms with van der Waals surface area (Å²) in [5, 5.41) is 3.57. The van der Waals surface area contributed by atoms with Crippen LogP contribution in [-0.2, 0) is 10.9 Å². The van der Waals surface area contributed by atoms with Gasteiger partial charge in [0.15, 0.2) is 0 Å². The fraction of sp³-hybridized carbons (Fsp3) is 0.667. The predicted molar refractivity (Wildman–Crippen MR) is 91.1 cm³/mol. The van der Waals surface area contributed by atoms with Crippen LogP contribution < -0.4 is 10.2 Å². The van der Waals surface area contributed by atoms with Gasteiger partial charge >= 0.3 is 6.18 Å². The van der Waals surface area contributed by atoms with Crippen LogP contribution in [0.15, 0.2) is 18.2 Å². The lowest BCUT2D eigenvalue weighted by molar-refractivity contribution is -0.137. The van der Waals surface area contributed by atoms with Crippen molar-refractivity contribution < 1.29 is 17.9 Å². The molecule has 4 aliphatic rings. The molecule has 0 unspecified atom stereocenters. The number of morpholine rings is 1. The highest BCUT2D eigenvalue weighted by Gasteiger charge is 2.35. The van der Waals surface area contributed by atoms with Crippen LogP contribution in [-0.4, -0.2) is 56.9 Å². The molecule has 1 atom stereocenters. The third kappa shape index (κ3) is 3.58. The summed E-state index contributed by atoms with van der Waals surface area (Å²) in [6.45, 7) is 5.62. The van der Waals surface area contributed by atoms with Gasteiger partial charge in [0.2, 0.25) is 0 Å². The standard InChI is InChI=1S/C18H24F3N3O/c19-18(20,21)14-1-2-15(17(11-14)24-7-9-25-10-8-24)22-16-12-23-5-3-13(16)4-6-23/h1-2,11,13,16,22H,3-10,12H2/t16-/m0/s1. The quantitative estimate of drug-likeness (QED) is 0.902. The van der Waals surface area contributed by atoms with Crippen LogP contribution in [0.1, 0.15) is 18.4 Å². The maximum atomic E-state index is 13.2. The number of ether oxygens (including phenoxy) is 1. The van der Waals surface area contributed by atoms with E-state index in [2.05, 4.69) is 10.2 Å². The Labute approximate surface area is 145 Å². The Morgan fingerprint density at radius 3 is 2.36 bits per heavy atom. The zero-order valence-electron chi connectivity index (χ0n) is 14.2. The van der Waals surface area contributed by atoms with Crippen molar-refractivity contribution in [2.75, 3.05) is 56.2 Å². The normalized spacial score (nSPS) is 29.7. The molecule has 4 aliphatic heterocycles. The molecule has 0 amide bonds. The van der Waals surface area contributed by atoms with Gasteiger partial charge in [-0.3, -0.25) is 0 Å². The molecule has 1 aromatic rings.